The Labute approximate surface area is 125 Å². The lowest BCUT2D eigenvalue weighted by Crippen LogP contribution is -2.14. The van der Waals surface area contributed by atoms with Crippen LogP contribution in [0.15, 0.2) is 42.5 Å². The van der Waals surface area contributed by atoms with E-state index in [9.17, 15) is 0 Å². The van der Waals surface area contributed by atoms with Gasteiger partial charge in [0.2, 0.25) is 6.79 Å². The maximum atomic E-state index is 6.37. The first kappa shape index (κ1) is 14.0. The zero-order chi connectivity index (χ0) is 15.0. The summed E-state index contributed by atoms with van der Waals surface area (Å²) in [6.45, 7) is 6.91. The summed E-state index contributed by atoms with van der Waals surface area (Å²) in [5.41, 5.74) is 9.97. The molecule has 0 saturated carbocycles. The number of nitrogens with two attached hydrogens (primary N) is 1. The fourth-order valence-electron chi connectivity index (χ4n) is 2.49. The molecule has 0 aromatic heterocycles. The molecule has 21 heavy (non-hydrogen) atoms. The van der Waals surface area contributed by atoms with Gasteiger partial charge in [0.15, 0.2) is 11.5 Å². The zero-order valence-corrected chi connectivity index (χ0v) is 12.7. The highest BCUT2D eigenvalue weighted by Gasteiger charge is 2.18. The molecule has 0 saturated heterocycles. The van der Waals surface area contributed by atoms with Crippen molar-refractivity contribution in [3.8, 4) is 11.5 Å². The highest BCUT2D eigenvalue weighted by molar-refractivity contribution is 5.47. The summed E-state index contributed by atoms with van der Waals surface area (Å²) in [5, 5.41) is 0. The highest BCUT2D eigenvalue weighted by atomic mass is 16.7. The Kier molecular flexibility index (Phi) is 3.38. The van der Waals surface area contributed by atoms with Crippen LogP contribution in [0.1, 0.15) is 43.5 Å². The molecular weight excluding hydrogens is 262 g/mol. The minimum atomic E-state index is -0.159. The second-order valence-corrected chi connectivity index (χ2v) is 6.46. The molecule has 1 aliphatic rings. The van der Waals surface area contributed by atoms with Crippen LogP contribution in [0.2, 0.25) is 0 Å². The van der Waals surface area contributed by atoms with Crippen molar-refractivity contribution in [2.45, 2.75) is 32.2 Å². The molecule has 0 amide bonds. The van der Waals surface area contributed by atoms with Crippen LogP contribution in [0.3, 0.4) is 0 Å². The molecule has 0 spiro atoms. The average molecular weight is 283 g/mol. The topological polar surface area (TPSA) is 44.5 Å². The van der Waals surface area contributed by atoms with E-state index in [0.29, 0.717) is 0 Å². The summed E-state index contributed by atoms with van der Waals surface area (Å²) in [4.78, 5) is 0. The summed E-state index contributed by atoms with van der Waals surface area (Å²) in [5.74, 6) is 1.56. The first-order valence-corrected chi connectivity index (χ1v) is 7.21. The molecule has 1 atom stereocenters. The smallest absolute Gasteiger partial charge is 0.231 e. The largest absolute Gasteiger partial charge is 0.454 e. The van der Waals surface area contributed by atoms with Gasteiger partial charge in [-0.05, 0) is 34.2 Å². The van der Waals surface area contributed by atoms with Crippen LogP contribution in [0, 0.1) is 0 Å². The molecule has 3 rings (SSSR count). The first-order chi connectivity index (χ1) is 9.95. The van der Waals surface area contributed by atoms with Crippen LogP contribution in [0.5, 0.6) is 11.5 Å². The second kappa shape index (κ2) is 5.08. The van der Waals surface area contributed by atoms with Crippen LogP contribution in [0.4, 0.5) is 0 Å². The van der Waals surface area contributed by atoms with Gasteiger partial charge in [-0.2, -0.15) is 0 Å². The summed E-state index contributed by atoms with van der Waals surface area (Å²) in [7, 11) is 0. The van der Waals surface area contributed by atoms with E-state index >= 15 is 0 Å². The monoisotopic (exact) mass is 283 g/mol. The van der Waals surface area contributed by atoms with Crippen molar-refractivity contribution in [2.24, 2.45) is 5.73 Å². The molecule has 2 aromatic carbocycles. The summed E-state index contributed by atoms with van der Waals surface area (Å²) in [6, 6.07) is 14.2. The molecule has 1 aliphatic heterocycles. The van der Waals surface area contributed by atoms with E-state index in [1.807, 2.05) is 18.2 Å². The SMILES string of the molecule is CC(C)(C)c1ccc(C(N)c2ccc3c(c2)OCO3)cc1. The first-order valence-electron chi connectivity index (χ1n) is 7.21. The molecule has 2 N–H and O–H groups in total. The van der Waals surface area contributed by atoms with Crippen molar-refractivity contribution >= 4 is 0 Å². The number of benzene rings is 2. The Balaban J connectivity index is 1.86. The normalized spacial score (nSPS) is 15.0. The molecule has 0 fully saturated rings. The lowest BCUT2D eigenvalue weighted by Gasteiger charge is -2.20. The van der Waals surface area contributed by atoms with E-state index in [-0.39, 0.29) is 18.2 Å². The molecule has 2 aromatic rings. The maximum absolute atomic E-state index is 6.37. The van der Waals surface area contributed by atoms with E-state index < -0.39 is 0 Å². The van der Waals surface area contributed by atoms with Crippen LogP contribution >= 0.6 is 0 Å². The van der Waals surface area contributed by atoms with Crippen LogP contribution in [-0.2, 0) is 5.41 Å². The van der Waals surface area contributed by atoms with E-state index in [1.165, 1.54) is 5.56 Å². The highest BCUT2D eigenvalue weighted by Crippen LogP contribution is 2.35. The predicted molar refractivity (Wildman–Crippen MR) is 83.7 cm³/mol. The molecule has 3 heteroatoms. The molecule has 0 aliphatic carbocycles. The molecule has 0 radical (unpaired) electrons. The molecule has 110 valence electrons. The number of fused-ring (bicyclic) bond motifs is 1. The Morgan fingerprint density at radius 3 is 2.19 bits per heavy atom. The van der Waals surface area contributed by atoms with E-state index in [1.54, 1.807) is 0 Å². The van der Waals surface area contributed by atoms with Crippen molar-refractivity contribution in [1.82, 2.24) is 0 Å². The quantitative estimate of drug-likeness (QED) is 0.912. The van der Waals surface area contributed by atoms with Gasteiger partial charge in [-0.25, -0.2) is 0 Å². The van der Waals surface area contributed by atoms with Crippen molar-refractivity contribution in [3.05, 3.63) is 59.2 Å². The van der Waals surface area contributed by atoms with Gasteiger partial charge >= 0.3 is 0 Å². The lowest BCUT2D eigenvalue weighted by molar-refractivity contribution is 0.174. The second-order valence-electron chi connectivity index (χ2n) is 6.46. The zero-order valence-electron chi connectivity index (χ0n) is 12.7. The summed E-state index contributed by atoms with van der Waals surface area (Å²) in [6.07, 6.45) is 0. The van der Waals surface area contributed by atoms with Gasteiger partial charge in [0, 0.05) is 0 Å². The Bertz CT molecular complexity index is 641. The number of rotatable bonds is 2. The van der Waals surface area contributed by atoms with Gasteiger partial charge in [-0.15, -0.1) is 0 Å². The van der Waals surface area contributed by atoms with Gasteiger partial charge in [0.25, 0.3) is 0 Å². The molecule has 3 nitrogen and oxygen atoms in total. The fourth-order valence-corrected chi connectivity index (χ4v) is 2.49. The number of ether oxygens (including phenoxy) is 2. The van der Waals surface area contributed by atoms with Gasteiger partial charge in [0.05, 0.1) is 6.04 Å². The lowest BCUT2D eigenvalue weighted by atomic mass is 9.86. The Morgan fingerprint density at radius 2 is 1.52 bits per heavy atom. The molecule has 0 bridgehead atoms. The third-order valence-corrected chi connectivity index (χ3v) is 3.89. The summed E-state index contributed by atoms with van der Waals surface area (Å²) < 4.78 is 10.7. The minimum absolute atomic E-state index is 0.154. The predicted octanol–water partition coefficient (Wildman–Crippen LogP) is 3.76. The molecule has 1 heterocycles. The van der Waals surface area contributed by atoms with Crippen LogP contribution in [-0.4, -0.2) is 6.79 Å². The van der Waals surface area contributed by atoms with Crippen molar-refractivity contribution in [1.29, 1.82) is 0 Å². The molecule has 1 unspecified atom stereocenters. The average Bonchev–Trinajstić information content (AvgIpc) is 2.93. The minimum Gasteiger partial charge on any atom is -0.454 e. The van der Waals surface area contributed by atoms with E-state index in [4.69, 9.17) is 15.2 Å². The Hall–Kier alpha value is -2.00. The Morgan fingerprint density at radius 1 is 0.905 bits per heavy atom. The maximum Gasteiger partial charge on any atom is 0.231 e. The van der Waals surface area contributed by atoms with E-state index in [0.717, 1.165) is 22.6 Å². The van der Waals surface area contributed by atoms with Crippen LogP contribution in [0.25, 0.3) is 0 Å². The molecular formula is C18H21NO2. The summed E-state index contributed by atoms with van der Waals surface area (Å²) >= 11 is 0. The standard InChI is InChI=1S/C18H21NO2/c1-18(2,3)14-7-4-12(5-8-14)17(19)13-6-9-15-16(10-13)21-11-20-15/h4-10,17H,11,19H2,1-3H3. The van der Waals surface area contributed by atoms with Gasteiger partial charge in [0.1, 0.15) is 0 Å². The third kappa shape index (κ3) is 2.74. The van der Waals surface area contributed by atoms with Crippen molar-refractivity contribution < 1.29 is 9.47 Å². The van der Waals surface area contributed by atoms with Gasteiger partial charge in [-0.3, -0.25) is 0 Å². The van der Waals surface area contributed by atoms with E-state index in [2.05, 4.69) is 45.0 Å². The van der Waals surface area contributed by atoms with Crippen LogP contribution < -0.4 is 15.2 Å². The van der Waals surface area contributed by atoms with Crippen molar-refractivity contribution in [2.75, 3.05) is 6.79 Å². The number of hydrogen-bond donors (Lipinski definition) is 1. The van der Waals surface area contributed by atoms with Gasteiger partial charge in [-0.1, -0.05) is 51.1 Å². The third-order valence-electron chi connectivity index (χ3n) is 3.89. The van der Waals surface area contributed by atoms with Crippen molar-refractivity contribution in [3.63, 3.8) is 0 Å². The number of hydrogen-bond acceptors (Lipinski definition) is 3. The fraction of sp³-hybridized carbons (Fsp3) is 0.333. The van der Waals surface area contributed by atoms with Gasteiger partial charge < -0.3 is 15.2 Å².